The van der Waals surface area contributed by atoms with Gasteiger partial charge in [0.1, 0.15) is 0 Å². The number of pyridine rings is 2. The summed E-state index contributed by atoms with van der Waals surface area (Å²) in [5.74, 6) is 0. The molecule has 2 heterocycles. The van der Waals surface area contributed by atoms with Crippen molar-refractivity contribution < 1.29 is 31.1 Å². The molecule has 6 rings (SSSR count). The molecule has 0 aliphatic rings. The van der Waals surface area contributed by atoms with Crippen LogP contribution in [0, 0.1) is 25.8 Å². The molecule has 0 saturated heterocycles. The third-order valence-electron chi connectivity index (χ3n) is 5.92. The molecule has 0 spiro atoms. The van der Waals surface area contributed by atoms with Crippen LogP contribution in [0.4, 0.5) is 0 Å². The minimum Gasteiger partial charge on any atom is -0.304 e. The van der Waals surface area contributed by atoms with Gasteiger partial charge in [-0.3, -0.25) is 0 Å². The zero-order chi connectivity index (χ0) is 33.7. The summed E-state index contributed by atoms with van der Waals surface area (Å²) in [6, 6.07) is 42.3. The van der Waals surface area contributed by atoms with Gasteiger partial charge in [0.2, 0.25) is 0 Å². The van der Waals surface area contributed by atoms with Gasteiger partial charge in [-0.15, -0.1) is 71.8 Å². The van der Waals surface area contributed by atoms with E-state index in [0.29, 0.717) is 28.1 Å². The fourth-order valence-corrected chi connectivity index (χ4v) is 3.95. The van der Waals surface area contributed by atoms with Crippen LogP contribution >= 0.6 is 0 Å². The van der Waals surface area contributed by atoms with Crippen LogP contribution in [0.1, 0.15) is 33.2 Å². The van der Waals surface area contributed by atoms with Crippen molar-refractivity contribution in [2.75, 3.05) is 0 Å². The topological polar surface area (TPSA) is 25.8 Å². The van der Waals surface area contributed by atoms with Gasteiger partial charge in [-0.25, -0.2) is 0 Å². The van der Waals surface area contributed by atoms with Crippen LogP contribution < -0.4 is 0 Å². The Balaban J connectivity index is 0.000000214. The maximum absolute atomic E-state index is 8.57. The first-order valence-electron chi connectivity index (χ1n) is 16.4. The van der Waals surface area contributed by atoms with Gasteiger partial charge in [-0.05, 0) is 64.8 Å². The van der Waals surface area contributed by atoms with Crippen LogP contribution in [-0.4, -0.2) is 9.97 Å². The molecular weight excluding hydrogens is 665 g/mol. The molecule has 0 aliphatic carbocycles. The first kappa shape index (κ1) is 19.8. The van der Waals surface area contributed by atoms with Crippen LogP contribution in [0.5, 0.6) is 0 Å². The average molecular weight is 703 g/mol. The quantitative estimate of drug-likeness (QED) is 0.168. The van der Waals surface area contributed by atoms with E-state index in [-0.39, 0.29) is 36.8 Å². The molecule has 40 heavy (non-hydrogen) atoms. The molecule has 2 aromatic heterocycles. The van der Waals surface area contributed by atoms with Crippen LogP contribution in [0.2, 0.25) is 0 Å². The summed E-state index contributed by atoms with van der Waals surface area (Å²) in [6.45, 7) is -4.65. The number of nitrogens with zero attached hydrogens (tertiary/aromatic N) is 2. The molecule has 0 aliphatic heterocycles. The second-order valence-electron chi connectivity index (χ2n) is 8.64. The van der Waals surface area contributed by atoms with Gasteiger partial charge in [0.25, 0.3) is 0 Å². The van der Waals surface area contributed by atoms with Crippen molar-refractivity contribution in [3.05, 3.63) is 168 Å². The molecule has 2 nitrogen and oxygen atoms in total. The van der Waals surface area contributed by atoms with Crippen LogP contribution in [0.25, 0.3) is 33.6 Å². The molecule has 0 saturated carbocycles. The zero-order valence-electron chi connectivity index (χ0n) is 29.4. The molecule has 6 aromatic rings. The van der Waals surface area contributed by atoms with Gasteiger partial charge >= 0.3 is 0 Å². The molecule has 0 unspecified atom stereocenters. The molecule has 199 valence electrons. The minimum atomic E-state index is -2.45. The maximum atomic E-state index is 8.57. The largest absolute Gasteiger partial charge is 0.304 e. The summed E-state index contributed by atoms with van der Waals surface area (Å²) in [4.78, 5) is 8.54. The average Bonchev–Trinajstić information content (AvgIpc) is 3.09. The van der Waals surface area contributed by atoms with Gasteiger partial charge in [-0.1, -0.05) is 72.8 Å². The van der Waals surface area contributed by atoms with Crippen molar-refractivity contribution in [3.63, 3.8) is 0 Å². The van der Waals surface area contributed by atoms with Crippen molar-refractivity contribution >= 4 is 0 Å². The van der Waals surface area contributed by atoms with E-state index in [9.17, 15) is 0 Å². The number of hydrogen-bond donors (Lipinski definition) is 0. The summed E-state index contributed by atoms with van der Waals surface area (Å²) in [6.07, 6.45) is 0.738. The predicted octanol–water partition coefficient (Wildman–Crippen LogP) is 8.97. The van der Waals surface area contributed by atoms with Crippen LogP contribution in [-0.2, 0) is 26.5 Å². The van der Waals surface area contributed by atoms with Crippen molar-refractivity contribution in [3.8, 4) is 33.6 Å². The summed E-state index contributed by atoms with van der Waals surface area (Å²) in [5, 5.41) is 0. The van der Waals surface area contributed by atoms with E-state index in [1.165, 1.54) is 18.5 Å². The molecular formula is C37H30IrN2-2. The van der Waals surface area contributed by atoms with Crippen molar-refractivity contribution in [1.29, 1.82) is 0 Å². The fourth-order valence-electron chi connectivity index (χ4n) is 3.95. The summed E-state index contributed by atoms with van der Waals surface area (Å²) >= 11 is 0. The van der Waals surface area contributed by atoms with E-state index in [2.05, 4.69) is 22.1 Å². The Morgan fingerprint density at radius 1 is 0.650 bits per heavy atom. The van der Waals surface area contributed by atoms with E-state index in [1.54, 1.807) is 42.5 Å². The van der Waals surface area contributed by atoms with Crippen molar-refractivity contribution in [2.45, 2.75) is 20.1 Å². The maximum Gasteiger partial charge on any atom is 0.0366 e. The number of aromatic nitrogens is 2. The molecule has 0 N–H and O–H groups in total. The number of hydrogen-bond acceptors (Lipinski definition) is 2. The Hall–Kier alpha value is -4.17. The molecule has 0 atom stereocenters. The Kier molecular flexibility index (Phi) is 7.08. The molecule has 0 bridgehead atoms. The minimum absolute atomic E-state index is 0. The van der Waals surface area contributed by atoms with E-state index in [1.807, 2.05) is 72.8 Å². The third-order valence-corrected chi connectivity index (χ3v) is 5.92. The molecule has 0 fully saturated rings. The summed E-state index contributed by atoms with van der Waals surface area (Å²) in [5.41, 5.74) is 4.96. The van der Waals surface area contributed by atoms with Gasteiger partial charge in [0.05, 0.1) is 0 Å². The first-order chi connectivity index (χ1) is 22.4. The van der Waals surface area contributed by atoms with E-state index in [0.717, 1.165) is 11.1 Å². The van der Waals surface area contributed by atoms with Crippen LogP contribution in [0.3, 0.4) is 0 Å². The van der Waals surface area contributed by atoms with Gasteiger partial charge in [0, 0.05) is 43.5 Å². The summed E-state index contributed by atoms with van der Waals surface area (Å²) < 4.78 is 63.6. The Labute approximate surface area is 262 Å². The van der Waals surface area contributed by atoms with Gasteiger partial charge in [-0.2, -0.15) is 0 Å². The second kappa shape index (κ2) is 14.3. The fraction of sp³-hybridized carbons (Fsp3) is 0.0811. The normalized spacial score (nSPS) is 14.1. The standard InChI is InChI=1S/C19H16N.C18H14N.Ir/c1-15-14-20-19(17-10-6-3-7-11-17)13-18(15)12-16-8-4-2-5-9-16;1-14-13-19-18(16-10-6-3-7-11-16)12-17(14)15-8-4-2-5-9-15;/h2-10,13-14H,12H2,1H3;2-10,12-13H,1H3;/q2*-1;/i1D3,12D2;1D3;. The Bertz CT molecular complexity index is 1920. The van der Waals surface area contributed by atoms with E-state index in [4.69, 9.17) is 11.0 Å². The van der Waals surface area contributed by atoms with Crippen molar-refractivity contribution in [2.24, 2.45) is 0 Å². The molecule has 0 amide bonds. The van der Waals surface area contributed by atoms with E-state index >= 15 is 0 Å². The SMILES string of the molecule is [2H]C([2H])([2H])c1cnc(-c2[c-]cccc2)cc1-c1ccccc1.[2H]C([2H])([2H])c1cnc(-c2[c-]cccc2)cc1C([2H])([2H])c1ccccc1.[Ir]. The van der Waals surface area contributed by atoms with E-state index < -0.39 is 20.1 Å². The predicted molar refractivity (Wildman–Crippen MR) is 161 cm³/mol. The molecule has 4 aromatic carbocycles. The number of benzene rings is 4. The summed E-state index contributed by atoms with van der Waals surface area (Å²) in [7, 11) is 0. The third kappa shape index (κ3) is 7.48. The smallest absolute Gasteiger partial charge is 0.0366 e. The second-order valence-corrected chi connectivity index (χ2v) is 8.64. The van der Waals surface area contributed by atoms with Crippen molar-refractivity contribution in [1.82, 2.24) is 9.97 Å². The van der Waals surface area contributed by atoms with Gasteiger partial charge < -0.3 is 9.97 Å². The number of rotatable bonds is 5. The number of aryl methyl sites for hydroxylation is 2. The van der Waals surface area contributed by atoms with Gasteiger partial charge in [0.15, 0.2) is 0 Å². The first-order valence-corrected chi connectivity index (χ1v) is 12.4. The molecule has 1 radical (unpaired) electrons. The van der Waals surface area contributed by atoms with Crippen LogP contribution in [0.15, 0.2) is 134 Å². The zero-order valence-corrected chi connectivity index (χ0v) is 23.8. The monoisotopic (exact) mass is 703 g/mol. The Morgan fingerprint density at radius 3 is 1.77 bits per heavy atom. The Morgan fingerprint density at radius 2 is 1.20 bits per heavy atom. The molecule has 3 heteroatoms.